The zero-order chi connectivity index (χ0) is 21.1. The first-order valence-corrected chi connectivity index (χ1v) is 11.9. The van der Waals surface area contributed by atoms with Gasteiger partial charge in [0.25, 0.3) is 10.0 Å². The van der Waals surface area contributed by atoms with Crippen LogP contribution >= 0.6 is 0 Å². The van der Waals surface area contributed by atoms with E-state index in [2.05, 4.69) is 21.6 Å². The molecule has 1 aliphatic rings. The molecule has 0 radical (unpaired) electrons. The molecule has 1 N–H and O–H groups in total. The zero-order valence-corrected chi connectivity index (χ0v) is 18.3. The zero-order valence-electron chi connectivity index (χ0n) is 17.5. The fraction of sp³-hybridized carbons (Fsp3) is 0.348. The van der Waals surface area contributed by atoms with E-state index in [9.17, 15) is 8.42 Å². The third-order valence-electron chi connectivity index (χ3n) is 5.65. The minimum Gasteiger partial charge on any atom is -0.303 e. The van der Waals surface area contributed by atoms with Gasteiger partial charge in [-0.15, -0.1) is 0 Å². The first-order valence-electron chi connectivity index (χ1n) is 10.4. The van der Waals surface area contributed by atoms with Crippen LogP contribution in [0.1, 0.15) is 31.2 Å². The second-order valence-corrected chi connectivity index (χ2v) is 9.62. The maximum Gasteiger partial charge on any atom is 0.261 e. The van der Waals surface area contributed by atoms with Crippen LogP contribution in [0.5, 0.6) is 0 Å². The molecule has 0 saturated carbocycles. The van der Waals surface area contributed by atoms with Crippen molar-refractivity contribution in [3.63, 3.8) is 0 Å². The summed E-state index contributed by atoms with van der Waals surface area (Å²) >= 11 is 0. The van der Waals surface area contributed by atoms with Gasteiger partial charge >= 0.3 is 0 Å². The van der Waals surface area contributed by atoms with Crippen LogP contribution in [-0.2, 0) is 17.1 Å². The average molecular weight is 425 g/mol. The number of hydrogen-bond acceptors (Lipinski definition) is 4. The lowest BCUT2D eigenvalue weighted by Crippen LogP contribution is -2.20. The highest BCUT2D eigenvalue weighted by atomic mass is 32.2. The van der Waals surface area contributed by atoms with Crippen molar-refractivity contribution in [1.82, 2.24) is 14.7 Å². The van der Waals surface area contributed by atoms with Gasteiger partial charge in [0.15, 0.2) is 0 Å². The summed E-state index contributed by atoms with van der Waals surface area (Å²) in [6.45, 7) is 5.58. The lowest BCUT2D eigenvalue weighted by atomic mass is 9.98. The summed E-state index contributed by atoms with van der Waals surface area (Å²) in [5.74, 6) is 0.530. The molecule has 0 spiro atoms. The molecule has 0 bridgehead atoms. The van der Waals surface area contributed by atoms with E-state index in [-0.39, 0.29) is 4.90 Å². The number of rotatable bonds is 7. The van der Waals surface area contributed by atoms with Crippen molar-refractivity contribution in [1.29, 1.82) is 0 Å². The summed E-state index contributed by atoms with van der Waals surface area (Å²) in [7, 11) is -1.78. The van der Waals surface area contributed by atoms with Crippen LogP contribution in [-0.4, -0.2) is 42.7 Å². The van der Waals surface area contributed by atoms with E-state index in [4.69, 9.17) is 0 Å². The summed E-state index contributed by atoms with van der Waals surface area (Å²) in [5, 5.41) is 4.15. The first kappa shape index (κ1) is 20.6. The Labute approximate surface area is 178 Å². The Morgan fingerprint density at radius 1 is 1.07 bits per heavy atom. The number of nitrogens with one attached hydrogen (secondary N) is 1. The van der Waals surface area contributed by atoms with Crippen molar-refractivity contribution in [2.75, 3.05) is 24.4 Å². The predicted octanol–water partition coefficient (Wildman–Crippen LogP) is 4.09. The van der Waals surface area contributed by atoms with Gasteiger partial charge < -0.3 is 4.90 Å². The molecule has 4 rings (SSSR count). The average Bonchev–Trinajstić information content (AvgIpc) is 3.38. The van der Waals surface area contributed by atoms with Crippen LogP contribution in [0.15, 0.2) is 65.8 Å². The van der Waals surface area contributed by atoms with Crippen molar-refractivity contribution in [3.8, 4) is 11.1 Å². The van der Waals surface area contributed by atoms with Crippen LogP contribution in [0.3, 0.4) is 0 Å². The van der Waals surface area contributed by atoms with E-state index in [0.717, 1.165) is 37.2 Å². The number of sulfonamides is 1. The molecule has 158 valence electrons. The van der Waals surface area contributed by atoms with Crippen LogP contribution in [0, 0.1) is 0 Å². The Hall–Kier alpha value is -2.64. The fourth-order valence-electron chi connectivity index (χ4n) is 4.06. The van der Waals surface area contributed by atoms with Gasteiger partial charge in [-0.3, -0.25) is 9.40 Å². The van der Waals surface area contributed by atoms with Gasteiger partial charge in [0.1, 0.15) is 0 Å². The summed E-state index contributed by atoms with van der Waals surface area (Å²) in [6.07, 6.45) is 6.00. The van der Waals surface area contributed by atoms with Gasteiger partial charge in [-0.2, -0.15) is 5.10 Å². The van der Waals surface area contributed by atoms with E-state index in [1.807, 2.05) is 37.5 Å². The molecule has 3 aromatic rings. The quantitative estimate of drug-likeness (QED) is 0.620. The molecule has 6 nitrogen and oxygen atoms in total. The van der Waals surface area contributed by atoms with Crippen LogP contribution in [0.2, 0.25) is 0 Å². The Morgan fingerprint density at radius 3 is 2.43 bits per heavy atom. The number of aromatic nitrogens is 2. The number of aryl methyl sites for hydroxylation is 1. The predicted molar refractivity (Wildman–Crippen MR) is 120 cm³/mol. The van der Waals surface area contributed by atoms with Crippen LogP contribution in [0.4, 0.5) is 5.69 Å². The molecule has 1 fully saturated rings. The molecule has 1 saturated heterocycles. The van der Waals surface area contributed by atoms with Crippen molar-refractivity contribution in [2.45, 2.75) is 30.6 Å². The number of hydrogen-bond donors (Lipinski definition) is 1. The molecule has 2 aromatic carbocycles. The molecule has 30 heavy (non-hydrogen) atoms. The minimum atomic E-state index is -3.63. The minimum absolute atomic E-state index is 0.241. The summed E-state index contributed by atoms with van der Waals surface area (Å²) < 4.78 is 30.0. The molecule has 0 unspecified atom stereocenters. The van der Waals surface area contributed by atoms with Crippen molar-refractivity contribution >= 4 is 15.7 Å². The smallest absolute Gasteiger partial charge is 0.261 e. The van der Waals surface area contributed by atoms with Crippen LogP contribution < -0.4 is 4.72 Å². The third kappa shape index (κ3) is 4.57. The van der Waals surface area contributed by atoms with Crippen molar-refractivity contribution in [2.24, 2.45) is 7.05 Å². The highest BCUT2D eigenvalue weighted by Crippen LogP contribution is 2.29. The van der Waals surface area contributed by atoms with Crippen molar-refractivity contribution in [3.05, 3.63) is 66.5 Å². The summed E-state index contributed by atoms with van der Waals surface area (Å²) in [4.78, 5) is 2.74. The highest BCUT2D eigenvalue weighted by molar-refractivity contribution is 7.92. The number of likely N-dealkylation sites (tertiary alicyclic amines) is 1. The van der Waals surface area contributed by atoms with E-state index in [1.165, 1.54) is 12.0 Å². The fourth-order valence-corrected chi connectivity index (χ4v) is 5.12. The molecule has 1 aromatic heterocycles. The Kier molecular flexibility index (Phi) is 5.92. The van der Waals surface area contributed by atoms with Gasteiger partial charge in [0, 0.05) is 31.0 Å². The lowest BCUT2D eigenvalue weighted by Gasteiger charge is -2.15. The Bertz CT molecular complexity index is 1090. The second kappa shape index (κ2) is 8.62. The topological polar surface area (TPSA) is 67.2 Å². The van der Waals surface area contributed by atoms with Gasteiger partial charge in [-0.1, -0.05) is 31.2 Å². The molecule has 2 heterocycles. The van der Waals surface area contributed by atoms with Gasteiger partial charge in [-0.05, 0) is 67.2 Å². The molecule has 0 aliphatic carbocycles. The van der Waals surface area contributed by atoms with Gasteiger partial charge in [0.2, 0.25) is 0 Å². The largest absolute Gasteiger partial charge is 0.303 e. The van der Waals surface area contributed by atoms with Crippen LogP contribution in [0.25, 0.3) is 11.1 Å². The van der Waals surface area contributed by atoms with E-state index in [1.54, 1.807) is 35.1 Å². The lowest BCUT2D eigenvalue weighted by molar-refractivity contribution is 0.335. The number of anilines is 1. The van der Waals surface area contributed by atoms with Gasteiger partial charge in [0.05, 0.1) is 11.1 Å². The third-order valence-corrected chi connectivity index (χ3v) is 7.05. The molecule has 1 atom stereocenters. The molecular weight excluding hydrogens is 396 g/mol. The second-order valence-electron chi connectivity index (χ2n) is 7.94. The maximum atomic E-state index is 12.8. The van der Waals surface area contributed by atoms with Crippen molar-refractivity contribution < 1.29 is 8.42 Å². The number of benzene rings is 2. The van der Waals surface area contributed by atoms with E-state index < -0.39 is 10.0 Å². The summed E-state index contributed by atoms with van der Waals surface area (Å²) in [6, 6.07) is 14.7. The normalized spacial score (nSPS) is 17.3. The maximum absolute atomic E-state index is 12.8. The highest BCUT2D eigenvalue weighted by Gasteiger charge is 2.23. The van der Waals surface area contributed by atoms with E-state index >= 15 is 0 Å². The first-order chi connectivity index (χ1) is 14.4. The number of nitrogens with zero attached hydrogens (tertiary/aromatic N) is 3. The monoisotopic (exact) mass is 424 g/mol. The molecule has 0 amide bonds. The SMILES string of the molecule is CCCN1CC[C@@H](c2ccc(NS(=O)(=O)c3ccc(-c4cnn(C)c4)cc3)cc2)C1. The van der Waals surface area contributed by atoms with E-state index in [0.29, 0.717) is 11.6 Å². The molecular formula is C23H28N4O2S. The standard InChI is InChI=1S/C23H28N4O2S/c1-3-13-27-14-12-20(17-27)18-4-8-22(9-5-18)25-30(28,29)23-10-6-19(7-11-23)21-15-24-26(2)16-21/h4-11,15-16,20,25H,3,12-14,17H2,1-2H3/t20-/m1/s1. The Balaban J connectivity index is 1.43. The summed E-state index contributed by atoms with van der Waals surface area (Å²) in [5.41, 5.74) is 3.74. The molecule has 7 heteroatoms. The molecule has 1 aliphatic heterocycles. The Morgan fingerprint density at radius 2 is 1.80 bits per heavy atom. The van der Waals surface area contributed by atoms with Gasteiger partial charge in [-0.25, -0.2) is 8.42 Å².